The molecule has 0 aliphatic heterocycles. The van der Waals surface area contributed by atoms with Crippen LogP contribution in [0, 0.1) is 0 Å². The highest BCUT2D eigenvalue weighted by Crippen LogP contribution is 2.31. The van der Waals surface area contributed by atoms with Crippen LogP contribution in [0.3, 0.4) is 0 Å². The molecule has 0 aliphatic rings. The zero-order valence-corrected chi connectivity index (χ0v) is 19.3. The van der Waals surface area contributed by atoms with Gasteiger partial charge in [0.15, 0.2) is 5.78 Å². The topological polar surface area (TPSA) is 60.7 Å². The van der Waals surface area contributed by atoms with Gasteiger partial charge in [-0.15, -0.1) is 0 Å². The van der Waals surface area contributed by atoms with Crippen LogP contribution in [0.4, 0.5) is 0 Å². The number of carbonyl (C=O) groups excluding carboxylic acids is 2. The molecule has 5 heteroatoms. The average Bonchev–Trinajstić information content (AvgIpc) is 3.18. The van der Waals surface area contributed by atoms with Gasteiger partial charge in [0.2, 0.25) is 0 Å². The van der Waals surface area contributed by atoms with E-state index in [9.17, 15) is 9.59 Å². The lowest BCUT2D eigenvalue weighted by molar-refractivity contribution is -0.140. The van der Waals surface area contributed by atoms with E-state index in [2.05, 4.69) is 16.6 Å². The van der Waals surface area contributed by atoms with Gasteiger partial charge in [-0.2, -0.15) is 0 Å². The Morgan fingerprint density at radius 3 is 2.03 bits per heavy atom. The van der Waals surface area contributed by atoms with E-state index in [-0.39, 0.29) is 5.78 Å². The fourth-order valence-corrected chi connectivity index (χ4v) is 4.49. The van der Waals surface area contributed by atoms with Gasteiger partial charge in [0, 0.05) is 46.4 Å². The number of hydrogen-bond acceptors (Lipinski definition) is 4. The van der Waals surface area contributed by atoms with E-state index in [1.807, 2.05) is 78.9 Å². The second kappa shape index (κ2) is 8.60. The predicted octanol–water partition coefficient (Wildman–Crippen LogP) is 6.49. The van der Waals surface area contributed by atoms with Crippen LogP contribution < -0.4 is 0 Å². The highest BCUT2D eigenvalue weighted by Gasteiger charge is 2.16. The van der Waals surface area contributed by atoms with E-state index in [1.165, 1.54) is 6.92 Å². The van der Waals surface area contributed by atoms with Crippen LogP contribution in [0.5, 0.6) is 0 Å². The number of hydrogen-bond donors (Lipinski definition) is 0. The standard InChI is InChI=1S/C29H24N2O3/c1-4-31-27-13-11-21(18(2)30-34-19(3)32)16-25(27)26-17-24(12-14-28(26)31)29(33)23-10-9-20-7-5-6-8-22(20)15-23/h5-17H,4H2,1-3H3/b30-18-. The highest BCUT2D eigenvalue weighted by molar-refractivity contribution is 6.16. The number of aryl methyl sites for hydroxylation is 1. The summed E-state index contributed by atoms with van der Waals surface area (Å²) >= 11 is 0. The first-order valence-corrected chi connectivity index (χ1v) is 11.3. The smallest absolute Gasteiger partial charge is 0.331 e. The lowest BCUT2D eigenvalue weighted by Gasteiger charge is -2.06. The van der Waals surface area contributed by atoms with E-state index in [0.29, 0.717) is 16.8 Å². The Hall–Kier alpha value is -4.25. The number of aromatic nitrogens is 1. The summed E-state index contributed by atoms with van der Waals surface area (Å²) in [5, 5.41) is 8.11. The van der Waals surface area contributed by atoms with Gasteiger partial charge in [-0.3, -0.25) is 4.79 Å². The molecule has 0 unspecified atom stereocenters. The zero-order chi connectivity index (χ0) is 23.8. The highest BCUT2D eigenvalue weighted by atomic mass is 16.7. The molecule has 0 radical (unpaired) electrons. The molecule has 1 heterocycles. The van der Waals surface area contributed by atoms with Crippen molar-refractivity contribution in [1.82, 2.24) is 4.57 Å². The fraction of sp³-hybridized carbons (Fsp3) is 0.138. The fourth-order valence-electron chi connectivity index (χ4n) is 4.49. The maximum absolute atomic E-state index is 13.4. The number of oxime groups is 1. The maximum atomic E-state index is 13.4. The molecule has 0 saturated carbocycles. The summed E-state index contributed by atoms with van der Waals surface area (Å²) in [6.45, 7) is 6.03. The average molecular weight is 449 g/mol. The molecule has 0 atom stereocenters. The molecule has 0 spiro atoms. The molecule has 0 fully saturated rings. The van der Waals surface area contributed by atoms with Gasteiger partial charge in [0.1, 0.15) is 0 Å². The maximum Gasteiger partial charge on any atom is 0.331 e. The minimum atomic E-state index is -0.458. The monoisotopic (exact) mass is 448 g/mol. The molecular weight excluding hydrogens is 424 g/mol. The first kappa shape index (κ1) is 21.6. The van der Waals surface area contributed by atoms with Crippen LogP contribution in [0.1, 0.15) is 42.3 Å². The summed E-state index contributed by atoms with van der Waals surface area (Å²) in [4.78, 5) is 29.3. The van der Waals surface area contributed by atoms with Crippen LogP contribution in [-0.2, 0) is 16.2 Å². The summed E-state index contributed by atoms with van der Waals surface area (Å²) < 4.78 is 2.23. The van der Waals surface area contributed by atoms with Gasteiger partial charge in [0.05, 0.1) is 5.71 Å². The van der Waals surface area contributed by atoms with Crippen molar-refractivity contribution in [2.24, 2.45) is 5.16 Å². The number of nitrogens with zero attached hydrogens (tertiary/aromatic N) is 2. The number of rotatable bonds is 5. The number of fused-ring (bicyclic) bond motifs is 4. The first-order valence-electron chi connectivity index (χ1n) is 11.3. The molecule has 34 heavy (non-hydrogen) atoms. The lowest BCUT2D eigenvalue weighted by Crippen LogP contribution is -2.01. The van der Waals surface area contributed by atoms with Crippen molar-refractivity contribution in [3.05, 3.63) is 95.6 Å². The molecule has 0 amide bonds. The molecule has 0 bridgehead atoms. The number of ketones is 1. The SMILES string of the molecule is CCn1c2ccc(C(=O)c3ccc4ccccc4c3)cc2c2cc(/C(C)=N\OC(C)=O)ccc21. The van der Waals surface area contributed by atoms with Crippen LogP contribution >= 0.6 is 0 Å². The van der Waals surface area contributed by atoms with E-state index in [1.54, 1.807) is 6.92 Å². The van der Waals surface area contributed by atoms with Crippen molar-refractivity contribution >= 4 is 50.0 Å². The van der Waals surface area contributed by atoms with Crippen molar-refractivity contribution in [2.45, 2.75) is 27.3 Å². The van der Waals surface area contributed by atoms with Crippen LogP contribution in [0.2, 0.25) is 0 Å². The number of benzene rings is 4. The Balaban J connectivity index is 1.63. The summed E-state index contributed by atoms with van der Waals surface area (Å²) in [6, 6.07) is 25.8. The van der Waals surface area contributed by atoms with E-state index < -0.39 is 5.97 Å². The van der Waals surface area contributed by atoms with Gasteiger partial charge < -0.3 is 9.40 Å². The predicted molar refractivity (Wildman–Crippen MR) is 136 cm³/mol. The van der Waals surface area contributed by atoms with Crippen molar-refractivity contribution < 1.29 is 14.4 Å². The molecule has 5 rings (SSSR count). The third kappa shape index (κ3) is 3.75. The van der Waals surface area contributed by atoms with Gasteiger partial charge in [-0.25, -0.2) is 4.79 Å². The van der Waals surface area contributed by atoms with E-state index in [0.717, 1.165) is 44.7 Å². The first-order chi connectivity index (χ1) is 16.5. The second-order valence-electron chi connectivity index (χ2n) is 8.36. The van der Waals surface area contributed by atoms with Crippen molar-refractivity contribution in [3.8, 4) is 0 Å². The summed E-state index contributed by atoms with van der Waals surface area (Å²) in [5.41, 5.74) is 4.93. The van der Waals surface area contributed by atoms with Crippen LogP contribution in [-0.4, -0.2) is 22.0 Å². The van der Waals surface area contributed by atoms with Gasteiger partial charge in [0.25, 0.3) is 0 Å². The third-order valence-electron chi connectivity index (χ3n) is 6.18. The molecule has 5 nitrogen and oxygen atoms in total. The minimum absolute atomic E-state index is 0.00573. The van der Waals surface area contributed by atoms with Crippen molar-refractivity contribution in [2.75, 3.05) is 0 Å². The third-order valence-corrected chi connectivity index (χ3v) is 6.18. The molecule has 0 saturated heterocycles. The van der Waals surface area contributed by atoms with Gasteiger partial charge >= 0.3 is 5.97 Å². The molecule has 0 aliphatic carbocycles. The van der Waals surface area contributed by atoms with Gasteiger partial charge in [-0.1, -0.05) is 47.6 Å². The summed E-state index contributed by atoms with van der Waals surface area (Å²) in [5.74, 6) is -0.464. The molecule has 4 aromatic carbocycles. The molecule has 1 aromatic heterocycles. The minimum Gasteiger partial charge on any atom is -0.341 e. The van der Waals surface area contributed by atoms with Crippen LogP contribution in [0.15, 0.2) is 84.0 Å². The van der Waals surface area contributed by atoms with Crippen molar-refractivity contribution in [1.29, 1.82) is 0 Å². The van der Waals surface area contributed by atoms with E-state index in [4.69, 9.17) is 4.84 Å². The normalized spacial score (nSPS) is 11.9. The Morgan fingerprint density at radius 1 is 0.765 bits per heavy atom. The Kier molecular flexibility index (Phi) is 5.46. The van der Waals surface area contributed by atoms with E-state index >= 15 is 0 Å². The Labute approximate surface area is 197 Å². The number of carbonyl (C=O) groups is 2. The molecule has 168 valence electrons. The lowest BCUT2D eigenvalue weighted by atomic mass is 9.98. The molecular formula is C29H24N2O3. The Bertz CT molecular complexity index is 1630. The molecule has 0 N–H and O–H groups in total. The second-order valence-corrected chi connectivity index (χ2v) is 8.36. The largest absolute Gasteiger partial charge is 0.341 e. The van der Waals surface area contributed by atoms with Crippen LogP contribution in [0.25, 0.3) is 32.6 Å². The van der Waals surface area contributed by atoms with Crippen molar-refractivity contribution in [3.63, 3.8) is 0 Å². The Morgan fingerprint density at radius 2 is 1.35 bits per heavy atom. The summed E-state index contributed by atoms with van der Waals surface area (Å²) in [7, 11) is 0. The van der Waals surface area contributed by atoms with Gasteiger partial charge in [-0.05, 0) is 66.6 Å². The molecule has 5 aromatic rings. The quantitative estimate of drug-likeness (QED) is 0.134. The summed E-state index contributed by atoms with van der Waals surface area (Å²) in [6.07, 6.45) is 0. The zero-order valence-electron chi connectivity index (χ0n) is 19.3.